The molecule has 0 aliphatic carbocycles. The first-order valence-corrected chi connectivity index (χ1v) is 10.9. The second-order valence-corrected chi connectivity index (χ2v) is 8.58. The summed E-state index contributed by atoms with van der Waals surface area (Å²) in [5.41, 5.74) is 1.67. The SMILES string of the molecule is COc1ccc(S(=O)(=O)Nc2cccc(O)c2)cc1-c1cnc2n[nH]c(NC(C)=O)c2c1. The lowest BCUT2D eigenvalue weighted by atomic mass is 10.1. The van der Waals surface area contributed by atoms with E-state index < -0.39 is 10.0 Å². The van der Waals surface area contributed by atoms with Crippen LogP contribution in [-0.2, 0) is 14.8 Å². The first kappa shape index (κ1) is 21.1. The molecule has 2 aromatic heterocycles. The molecular formula is C21H19N5O5S. The zero-order chi connectivity index (χ0) is 22.9. The number of aromatic amines is 1. The number of aromatic hydroxyl groups is 1. The molecule has 0 atom stereocenters. The van der Waals surface area contributed by atoms with Crippen LogP contribution in [0.5, 0.6) is 11.5 Å². The number of aromatic nitrogens is 3. The molecule has 164 valence electrons. The van der Waals surface area contributed by atoms with Gasteiger partial charge in [-0.25, -0.2) is 13.4 Å². The van der Waals surface area contributed by atoms with Gasteiger partial charge in [-0.1, -0.05) is 6.07 Å². The Morgan fingerprint density at radius 3 is 2.69 bits per heavy atom. The van der Waals surface area contributed by atoms with E-state index in [9.17, 15) is 18.3 Å². The van der Waals surface area contributed by atoms with E-state index >= 15 is 0 Å². The average molecular weight is 453 g/mol. The first-order chi connectivity index (χ1) is 15.3. The van der Waals surface area contributed by atoms with E-state index in [0.717, 1.165) is 0 Å². The number of fused-ring (bicyclic) bond motifs is 1. The van der Waals surface area contributed by atoms with Crippen molar-refractivity contribution >= 4 is 38.5 Å². The maximum absolute atomic E-state index is 12.9. The van der Waals surface area contributed by atoms with Crippen molar-refractivity contribution in [3.8, 4) is 22.6 Å². The zero-order valence-corrected chi connectivity index (χ0v) is 17.9. The zero-order valence-electron chi connectivity index (χ0n) is 17.1. The molecule has 10 nitrogen and oxygen atoms in total. The number of phenolic OH excluding ortho intramolecular Hbond substituents is 1. The number of carbonyl (C=O) groups is 1. The third kappa shape index (κ3) is 4.18. The first-order valence-electron chi connectivity index (χ1n) is 9.39. The third-order valence-electron chi connectivity index (χ3n) is 4.60. The second-order valence-electron chi connectivity index (χ2n) is 6.89. The van der Waals surface area contributed by atoms with Crippen molar-refractivity contribution in [2.75, 3.05) is 17.1 Å². The van der Waals surface area contributed by atoms with Crippen molar-refractivity contribution in [1.82, 2.24) is 15.2 Å². The van der Waals surface area contributed by atoms with Gasteiger partial charge in [0, 0.05) is 30.3 Å². The summed E-state index contributed by atoms with van der Waals surface area (Å²) in [6.07, 6.45) is 1.54. The maximum Gasteiger partial charge on any atom is 0.261 e. The Morgan fingerprint density at radius 1 is 1.16 bits per heavy atom. The fourth-order valence-electron chi connectivity index (χ4n) is 3.18. The van der Waals surface area contributed by atoms with Gasteiger partial charge in [0.15, 0.2) is 5.65 Å². The molecule has 4 aromatic rings. The van der Waals surface area contributed by atoms with Crippen LogP contribution >= 0.6 is 0 Å². The van der Waals surface area contributed by atoms with Crippen molar-refractivity contribution in [3.63, 3.8) is 0 Å². The molecule has 11 heteroatoms. The fourth-order valence-corrected chi connectivity index (χ4v) is 4.26. The molecule has 0 saturated heterocycles. The van der Waals surface area contributed by atoms with Crippen molar-refractivity contribution in [2.24, 2.45) is 0 Å². The summed E-state index contributed by atoms with van der Waals surface area (Å²) in [5, 5.41) is 19.6. The molecule has 0 aliphatic rings. The standard InChI is InChI=1S/C21H19N5O5S/c1-12(27)23-21-18-8-13(11-22-20(18)24-25-21)17-10-16(6-7-19(17)31-2)32(29,30)26-14-4-3-5-15(28)9-14/h3-11,26,28H,1-2H3,(H2,22,23,24,25,27). The molecule has 0 saturated carbocycles. The quantitative estimate of drug-likeness (QED) is 0.351. The highest BCUT2D eigenvalue weighted by molar-refractivity contribution is 7.92. The number of anilines is 2. The van der Waals surface area contributed by atoms with Crippen LogP contribution < -0.4 is 14.8 Å². The number of nitrogens with one attached hydrogen (secondary N) is 3. The lowest BCUT2D eigenvalue weighted by Gasteiger charge is -2.13. The predicted octanol–water partition coefficient (Wildman–Crippen LogP) is 3.10. The molecule has 4 N–H and O–H groups in total. The highest BCUT2D eigenvalue weighted by Crippen LogP contribution is 2.34. The number of ether oxygens (including phenoxy) is 1. The minimum Gasteiger partial charge on any atom is -0.508 e. The topological polar surface area (TPSA) is 146 Å². The van der Waals surface area contributed by atoms with E-state index in [-0.39, 0.29) is 22.2 Å². The van der Waals surface area contributed by atoms with E-state index in [4.69, 9.17) is 4.74 Å². The highest BCUT2D eigenvalue weighted by atomic mass is 32.2. The Kier molecular flexibility index (Phi) is 5.41. The minimum atomic E-state index is -3.95. The number of benzene rings is 2. The summed E-state index contributed by atoms with van der Waals surface area (Å²) in [6, 6.07) is 12.0. The number of amides is 1. The number of methoxy groups -OCH3 is 1. The van der Waals surface area contributed by atoms with Crippen molar-refractivity contribution < 1.29 is 23.1 Å². The molecule has 32 heavy (non-hydrogen) atoms. The summed E-state index contributed by atoms with van der Waals surface area (Å²) in [6.45, 7) is 1.38. The van der Waals surface area contributed by atoms with Crippen LogP contribution in [0.1, 0.15) is 6.92 Å². The molecule has 1 amide bonds. The molecule has 0 spiro atoms. The molecular weight excluding hydrogens is 434 g/mol. The van der Waals surface area contributed by atoms with Gasteiger partial charge >= 0.3 is 0 Å². The number of nitrogens with zero attached hydrogens (tertiary/aromatic N) is 2. The number of phenols is 1. The van der Waals surface area contributed by atoms with Crippen LogP contribution in [0.2, 0.25) is 0 Å². The largest absolute Gasteiger partial charge is 0.508 e. The third-order valence-corrected chi connectivity index (χ3v) is 5.98. The van der Waals surface area contributed by atoms with Crippen LogP contribution in [-0.4, -0.2) is 41.7 Å². The highest BCUT2D eigenvalue weighted by Gasteiger charge is 2.19. The van der Waals surface area contributed by atoms with Gasteiger partial charge in [-0.05, 0) is 36.4 Å². The van der Waals surface area contributed by atoms with Crippen LogP contribution in [0.4, 0.5) is 11.5 Å². The van der Waals surface area contributed by atoms with Crippen molar-refractivity contribution in [3.05, 3.63) is 54.7 Å². The van der Waals surface area contributed by atoms with E-state index in [1.807, 2.05) is 0 Å². The second kappa shape index (κ2) is 8.19. The number of carbonyl (C=O) groups excluding carboxylic acids is 1. The number of hydrogen-bond donors (Lipinski definition) is 4. The fraction of sp³-hybridized carbons (Fsp3) is 0.0952. The summed E-state index contributed by atoms with van der Waals surface area (Å²) >= 11 is 0. The van der Waals surface area contributed by atoms with Crippen LogP contribution in [0.3, 0.4) is 0 Å². The summed E-state index contributed by atoms with van der Waals surface area (Å²) < 4.78 is 33.7. The Morgan fingerprint density at radius 2 is 1.97 bits per heavy atom. The Balaban J connectivity index is 1.78. The van der Waals surface area contributed by atoms with Crippen molar-refractivity contribution in [1.29, 1.82) is 0 Å². The number of hydrogen-bond acceptors (Lipinski definition) is 7. The number of H-pyrrole nitrogens is 1. The van der Waals surface area contributed by atoms with Gasteiger partial charge in [0.2, 0.25) is 5.91 Å². The molecule has 2 heterocycles. The number of pyridine rings is 1. The van der Waals surface area contributed by atoms with Crippen LogP contribution in [0.25, 0.3) is 22.2 Å². The smallest absolute Gasteiger partial charge is 0.261 e. The summed E-state index contributed by atoms with van der Waals surface area (Å²) in [4.78, 5) is 15.7. The monoisotopic (exact) mass is 453 g/mol. The predicted molar refractivity (Wildman–Crippen MR) is 119 cm³/mol. The summed E-state index contributed by atoms with van der Waals surface area (Å²) in [5.74, 6) is 0.488. The molecule has 2 aromatic carbocycles. The molecule has 0 fully saturated rings. The molecule has 0 bridgehead atoms. The lowest BCUT2D eigenvalue weighted by molar-refractivity contribution is -0.114. The van der Waals surface area contributed by atoms with Crippen LogP contribution in [0, 0.1) is 0 Å². The normalized spacial score (nSPS) is 11.3. The van der Waals surface area contributed by atoms with Crippen molar-refractivity contribution in [2.45, 2.75) is 11.8 Å². The Hall–Kier alpha value is -4.12. The van der Waals surface area contributed by atoms with Gasteiger partial charge < -0.3 is 15.2 Å². The Bertz CT molecular complexity index is 1430. The van der Waals surface area contributed by atoms with Gasteiger partial charge in [-0.15, -0.1) is 0 Å². The van der Waals surface area contributed by atoms with E-state index in [0.29, 0.717) is 33.7 Å². The molecule has 4 rings (SSSR count). The van der Waals surface area contributed by atoms with E-state index in [1.165, 1.54) is 56.6 Å². The van der Waals surface area contributed by atoms with Gasteiger partial charge in [0.1, 0.15) is 17.3 Å². The lowest BCUT2D eigenvalue weighted by Crippen LogP contribution is -2.13. The van der Waals surface area contributed by atoms with Gasteiger partial charge in [-0.3, -0.25) is 14.6 Å². The number of sulfonamides is 1. The maximum atomic E-state index is 12.9. The van der Waals surface area contributed by atoms with Crippen LogP contribution in [0.15, 0.2) is 59.6 Å². The van der Waals surface area contributed by atoms with Gasteiger partial charge in [-0.2, -0.15) is 5.10 Å². The Labute approximate surface area is 183 Å². The van der Waals surface area contributed by atoms with E-state index in [2.05, 4.69) is 25.2 Å². The number of rotatable bonds is 6. The minimum absolute atomic E-state index is 0.00832. The van der Waals surface area contributed by atoms with E-state index in [1.54, 1.807) is 12.1 Å². The summed E-state index contributed by atoms with van der Waals surface area (Å²) in [7, 11) is -2.48. The van der Waals surface area contributed by atoms with Gasteiger partial charge in [0.25, 0.3) is 10.0 Å². The molecule has 0 radical (unpaired) electrons. The molecule has 0 aliphatic heterocycles. The molecule has 0 unspecified atom stereocenters. The average Bonchev–Trinajstić information content (AvgIpc) is 3.14. The van der Waals surface area contributed by atoms with Gasteiger partial charge in [0.05, 0.1) is 23.1 Å².